The van der Waals surface area contributed by atoms with Crippen molar-refractivity contribution in [3.63, 3.8) is 0 Å². The van der Waals surface area contributed by atoms with E-state index in [0.29, 0.717) is 53.6 Å². The number of rotatable bonds is 4. The third-order valence-corrected chi connectivity index (χ3v) is 7.97. The van der Waals surface area contributed by atoms with E-state index in [0.717, 1.165) is 29.1 Å². The van der Waals surface area contributed by atoms with Gasteiger partial charge in [-0.2, -0.15) is 0 Å². The Morgan fingerprint density at radius 3 is 3.00 bits per heavy atom. The number of imidazole rings is 1. The fraction of sp³-hybridized carbons (Fsp3) is 0.346. The zero-order valence-corrected chi connectivity index (χ0v) is 18.6. The lowest BCUT2D eigenvalue weighted by atomic mass is 9.84. The van der Waals surface area contributed by atoms with Gasteiger partial charge in [0.05, 0.1) is 16.8 Å². The monoisotopic (exact) mass is 458 g/mol. The SMILES string of the molecule is Cc1cc2[nH]c([C@@]34C[C@H]3[C@H]4C3CC(Oc4ccnc5c4CCC(=O)N5)=CC=C3O)nc2cc1F. The number of pyridine rings is 1. The Hall–Kier alpha value is -3.68. The van der Waals surface area contributed by atoms with Gasteiger partial charge in [0.15, 0.2) is 0 Å². The number of aliphatic hydroxyl groups is 1. The number of aromatic nitrogens is 3. The summed E-state index contributed by atoms with van der Waals surface area (Å²) in [6.45, 7) is 1.75. The van der Waals surface area contributed by atoms with Crippen LogP contribution in [0.25, 0.3) is 11.0 Å². The van der Waals surface area contributed by atoms with Crippen LogP contribution >= 0.6 is 0 Å². The van der Waals surface area contributed by atoms with Crippen molar-refractivity contribution in [3.05, 3.63) is 70.8 Å². The van der Waals surface area contributed by atoms with Gasteiger partial charge in [0, 0.05) is 42.0 Å². The van der Waals surface area contributed by atoms with Gasteiger partial charge in [0.25, 0.3) is 0 Å². The van der Waals surface area contributed by atoms with Crippen LogP contribution in [0.3, 0.4) is 0 Å². The van der Waals surface area contributed by atoms with Gasteiger partial charge in [0.2, 0.25) is 5.91 Å². The first-order valence-electron chi connectivity index (χ1n) is 11.7. The van der Waals surface area contributed by atoms with Crippen LogP contribution in [0.1, 0.15) is 36.2 Å². The molecule has 7 rings (SSSR count). The highest BCUT2D eigenvalue weighted by molar-refractivity contribution is 5.93. The van der Waals surface area contributed by atoms with Gasteiger partial charge in [-0.1, -0.05) is 0 Å². The Morgan fingerprint density at radius 1 is 1.26 bits per heavy atom. The Balaban J connectivity index is 1.13. The summed E-state index contributed by atoms with van der Waals surface area (Å²) in [4.78, 5) is 24.1. The molecule has 3 heterocycles. The van der Waals surface area contributed by atoms with Crippen molar-refractivity contribution in [2.24, 2.45) is 17.8 Å². The minimum atomic E-state index is -0.250. The average molecular weight is 458 g/mol. The van der Waals surface area contributed by atoms with Crippen molar-refractivity contribution >= 4 is 22.8 Å². The van der Waals surface area contributed by atoms with E-state index in [1.807, 2.05) is 12.1 Å². The number of H-pyrrole nitrogens is 1. The maximum atomic E-state index is 14.0. The number of ether oxygens (including phenoxy) is 1. The number of halogens is 1. The number of aryl methyl sites for hydroxylation is 1. The smallest absolute Gasteiger partial charge is 0.225 e. The molecule has 1 amide bonds. The van der Waals surface area contributed by atoms with E-state index in [4.69, 9.17) is 9.72 Å². The molecule has 3 aromatic rings. The number of benzene rings is 1. The largest absolute Gasteiger partial charge is 0.512 e. The highest BCUT2D eigenvalue weighted by Gasteiger charge is 2.82. The molecule has 4 aliphatic rings. The lowest BCUT2D eigenvalue weighted by molar-refractivity contribution is -0.116. The second kappa shape index (κ2) is 6.68. The fourth-order valence-electron chi connectivity index (χ4n) is 5.96. The van der Waals surface area contributed by atoms with Crippen LogP contribution in [0, 0.1) is 30.5 Å². The van der Waals surface area contributed by atoms with Crippen LogP contribution in [-0.2, 0) is 16.6 Å². The second-order valence-corrected chi connectivity index (χ2v) is 9.90. The summed E-state index contributed by atoms with van der Waals surface area (Å²) in [5.41, 5.74) is 2.91. The normalized spacial score (nSPS) is 29.0. The van der Waals surface area contributed by atoms with Crippen LogP contribution in [0.15, 0.2) is 48.1 Å². The Bertz CT molecular complexity index is 1420. The summed E-state index contributed by atoms with van der Waals surface area (Å²) in [7, 11) is 0. The van der Waals surface area contributed by atoms with E-state index in [2.05, 4.69) is 15.3 Å². The number of fused-ring (bicyclic) bond motifs is 3. The lowest BCUT2D eigenvalue weighted by Gasteiger charge is -2.26. The first-order chi connectivity index (χ1) is 16.4. The summed E-state index contributed by atoms with van der Waals surface area (Å²) in [6.07, 6.45) is 7.77. The van der Waals surface area contributed by atoms with Crippen molar-refractivity contribution in [2.75, 3.05) is 5.32 Å². The Labute approximate surface area is 194 Å². The molecule has 1 aromatic carbocycles. The van der Waals surface area contributed by atoms with Gasteiger partial charge < -0.3 is 20.1 Å². The number of allylic oxidation sites excluding steroid dienone is 4. The second-order valence-electron chi connectivity index (χ2n) is 9.90. The van der Waals surface area contributed by atoms with Gasteiger partial charge in [-0.3, -0.25) is 4.79 Å². The van der Waals surface area contributed by atoms with Crippen molar-refractivity contribution in [1.29, 1.82) is 0 Å². The highest BCUT2D eigenvalue weighted by atomic mass is 19.1. The number of aromatic amines is 1. The molecular weight excluding hydrogens is 435 g/mol. The summed E-state index contributed by atoms with van der Waals surface area (Å²) in [5, 5.41) is 13.5. The number of aliphatic hydroxyl groups excluding tert-OH is 1. The molecule has 1 unspecified atom stereocenters. The van der Waals surface area contributed by atoms with Gasteiger partial charge >= 0.3 is 0 Å². The van der Waals surface area contributed by atoms with Crippen LogP contribution < -0.4 is 10.1 Å². The zero-order chi connectivity index (χ0) is 23.2. The molecule has 0 saturated heterocycles. The van der Waals surface area contributed by atoms with E-state index >= 15 is 0 Å². The van der Waals surface area contributed by atoms with E-state index in [9.17, 15) is 14.3 Å². The summed E-state index contributed by atoms with van der Waals surface area (Å²) < 4.78 is 20.3. The molecule has 1 aliphatic heterocycles. The van der Waals surface area contributed by atoms with Crippen LogP contribution in [0.2, 0.25) is 0 Å². The van der Waals surface area contributed by atoms with Gasteiger partial charge in [-0.25, -0.2) is 14.4 Å². The first-order valence-corrected chi connectivity index (χ1v) is 11.7. The fourth-order valence-corrected chi connectivity index (χ4v) is 5.96. The maximum Gasteiger partial charge on any atom is 0.225 e. The van der Waals surface area contributed by atoms with Gasteiger partial charge in [0.1, 0.15) is 29.0 Å². The minimum absolute atomic E-state index is 0.0382. The van der Waals surface area contributed by atoms with Crippen molar-refractivity contribution in [3.8, 4) is 5.75 Å². The quantitative estimate of drug-likeness (QED) is 0.531. The number of nitrogens with zero attached hydrogens (tertiary/aromatic N) is 2. The number of anilines is 1. The third-order valence-electron chi connectivity index (χ3n) is 7.97. The number of nitrogens with one attached hydrogen (secondary N) is 2. The molecule has 3 N–H and O–H groups in total. The molecule has 0 radical (unpaired) electrons. The third kappa shape index (κ3) is 2.77. The number of hydrogen-bond acceptors (Lipinski definition) is 5. The number of carbonyl (C=O) groups excluding carboxylic acids is 1. The molecule has 7 nitrogen and oxygen atoms in total. The van der Waals surface area contributed by atoms with Crippen LogP contribution in [0.5, 0.6) is 5.75 Å². The van der Waals surface area contributed by atoms with Crippen LogP contribution in [0.4, 0.5) is 10.2 Å². The molecule has 4 atom stereocenters. The molecule has 8 heteroatoms. The predicted octanol–water partition coefficient (Wildman–Crippen LogP) is 4.60. The number of hydrogen-bond donors (Lipinski definition) is 3. The Morgan fingerprint density at radius 2 is 2.15 bits per heavy atom. The molecule has 2 fully saturated rings. The molecular formula is C26H23FN4O3. The lowest BCUT2D eigenvalue weighted by Crippen LogP contribution is -2.22. The predicted molar refractivity (Wildman–Crippen MR) is 123 cm³/mol. The molecule has 34 heavy (non-hydrogen) atoms. The molecule has 0 bridgehead atoms. The summed E-state index contributed by atoms with van der Waals surface area (Å²) in [6, 6.07) is 5.10. The average Bonchev–Trinajstić information content (AvgIpc) is 3.65. The zero-order valence-electron chi connectivity index (χ0n) is 18.6. The highest BCUT2D eigenvalue weighted by Crippen LogP contribution is 2.82. The molecule has 0 spiro atoms. The number of carbonyl (C=O) groups is 1. The summed E-state index contributed by atoms with van der Waals surface area (Å²) >= 11 is 0. The molecule has 3 aliphatic carbocycles. The first kappa shape index (κ1) is 19.8. The topological polar surface area (TPSA) is 100 Å². The number of amides is 1. The Kier molecular flexibility index (Phi) is 3.88. The van der Waals surface area contributed by atoms with Crippen molar-refractivity contribution in [1.82, 2.24) is 15.0 Å². The molecule has 2 saturated carbocycles. The van der Waals surface area contributed by atoms with E-state index in [-0.39, 0.29) is 29.0 Å². The maximum absolute atomic E-state index is 14.0. The van der Waals surface area contributed by atoms with Gasteiger partial charge in [-0.15, -0.1) is 0 Å². The molecule has 2 aromatic heterocycles. The van der Waals surface area contributed by atoms with E-state index in [1.165, 1.54) is 6.07 Å². The van der Waals surface area contributed by atoms with Gasteiger partial charge in [-0.05, 0) is 61.4 Å². The van der Waals surface area contributed by atoms with E-state index in [1.54, 1.807) is 25.3 Å². The van der Waals surface area contributed by atoms with Crippen molar-refractivity contribution in [2.45, 2.75) is 38.0 Å². The minimum Gasteiger partial charge on any atom is -0.512 e. The van der Waals surface area contributed by atoms with Crippen molar-refractivity contribution < 1.29 is 19.0 Å². The van der Waals surface area contributed by atoms with E-state index < -0.39 is 0 Å². The molecule has 172 valence electrons. The standard InChI is InChI=1S/C26H23FN4O3/c1-12-8-18-19(10-17(12)27)30-25(29-18)26-11-16(26)23(26)15-9-13(2-4-20(15)32)34-21-6-7-28-24-14(21)3-5-22(33)31-24/h2,4,6-8,10,15-16,23,32H,3,5,9,11H2,1H3,(H,29,30)(H,28,31,33)/t15?,16-,23+,26-/m0/s1. The van der Waals surface area contributed by atoms with Crippen LogP contribution in [-0.4, -0.2) is 26.0 Å². The summed E-state index contributed by atoms with van der Waals surface area (Å²) in [5.74, 6) is 3.67.